The number of nitro benzene ring substituents is 1. The van der Waals surface area contributed by atoms with Gasteiger partial charge in [0.1, 0.15) is 10.8 Å². The third-order valence-corrected chi connectivity index (χ3v) is 4.97. The van der Waals surface area contributed by atoms with Crippen LogP contribution in [0.5, 0.6) is 0 Å². The minimum absolute atomic E-state index is 0.0547. The number of halogens is 2. The summed E-state index contributed by atoms with van der Waals surface area (Å²) in [6.45, 7) is 0.482. The molecule has 0 bridgehead atoms. The third-order valence-electron chi connectivity index (χ3n) is 4.65. The molecule has 164 valence electrons. The Labute approximate surface area is 188 Å². The maximum atomic E-state index is 13.3. The molecular formula is C23H19ClFN3O4. The van der Waals surface area contributed by atoms with Gasteiger partial charge in [0.2, 0.25) is 0 Å². The third kappa shape index (κ3) is 5.67. The van der Waals surface area contributed by atoms with Crippen molar-refractivity contribution in [3.05, 3.63) is 105 Å². The molecule has 0 aliphatic rings. The quantitative estimate of drug-likeness (QED) is 0.298. The molecule has 2 amide bonds. The summed E-state index contributed by atoms with van der Waals surface area (Å²) in [5.74, 6) is -1.16. The van der Waals surface area contributed by atoms with Gasteiger partial charge in [-0.15, -0.1) is 0 Å². The van der Waals surface area contributed by atoms with Crippen LogP contribution in [0.3, 0.4) is 0 Å². The fourth-order valence-electron chi connectivity index (χ4n) is 3.04. The molecule has 0 aromatic heterocycles. The van der Waals surface area contributed by atoms with Gasteiger partial charge in [-0.05, 0) is 55.0 Å². The molecule has 3 rings (SSSR count). The van der Waals surface area contributed by atoms with Gasteiger partial charge in [-0.3, -0.25) is 19.7 Å². The van der Waals surface area contributed by atoms with E-state index in [4.69, 9.17) is 11.6 Å². The number of carbonyl (C=O) groups is 2. The van der Waals surface area contributed by atoms with Crippen molar-refractivity contribution in [1.82, 2.24) is 5.32 Å². The van der Waals surface area contributed by atoms with E-state index >= 15 is 0 Å². The van der Waals surface area contributed by atoms with Gasteiger partial charge in [0.25, 0.3) is 17.5 Å². The number of nitrogens with zero attached hydrogens (tertiary/aromatic N) is 2. The van der Waals surface area contributed by atoms with Crippen LogP contribution in [0.25, 0.3) is 0 Å². The first-order chi connectivity index (χ1) is 15.4. The Hall–Kier alpha value is -3.78. The molecule has 0 saturated heterocycles. The zero-order valence-electron chi connectivity index (χ0n) is 16.8. The molecule has 0 heterocycles. The van der Waals surface area contributed by atoms with Gasteiger partial charge < -0.3 is 10.2 Å². The van der Waals surface area contributed by atoms with E-state index < -0.39 is 16.6 Å². The Morgan fingerprint density at radius 2 is 1.69 bits per heavy atom. The average molecular weight is 456 g/mol. The molecule has 0 unspecified atom stereocenters. The van der Waals surface area contributed by atoms with Crippen LogP contribution in [0.15, 0.2) is 72.8 Å². The predicted molar refractivity (Wildman–Crippen MR) is 120 cm³/mol. The van der Waals surface area contributed by atoms with E-state index in [1.807, 2.05) is 0 Å². The van der Waals surface area contributed by atoms with Gasteiger partial charge >= 0.3 is 0 Å². The zero-order chi connectivity index (χ0) is 23.1. The van der Waals surface area contributed by atoms with Crippen molar-refractivity contribution >= 4 is 34.8 Å². The van der Waals surface area contributed by atoms with Crippen LogP contribution in [-0.2, 0) is 0 Å². The average Bonchev–Trinajstić information content (AvgIpc) is 2.80. The van der Waals surface area contributed by atoms with Crippen LogP contribution in [0, 0.1) is 15.9 Å². The number of hydrogen-bond acceptors (Lipinski definition) is 4. The SMILES string of the molecule is O=C(NCCCN(C(=O)c1ccccc1)c1ccc(F)cc1)c1ccc(Cl)c([N+](=O)[O-])c1. The lowest BCUT2D eigenvalue weighted by Crippen LogP contribution is -2.34. The molecule has 0 aliphatic carbocycles. The van der Waals surface area contributed by atoms with Crippen molar-refractivity contribution in [2.75, 3.05) is 18.0 Å². The minimum Gasteiger partial charge on any atom is -0.352 e. The molecule has 3 aromatic carbocycles. The van der Waals surface area contributed by atoms with Gasteiger partial charge in [-0.25, -0.2) is 4.39 Å². The van der Waals surface area contributed by atoms with Crippen molar-refractivity contribution in [3.63, 3.8) is 0 Å². The lowest BCUT2D eigenvalue weighted by Gasteiger charge is -2.23. The monoisotopic (exact) mass is 455 g/mol. The summed E-state index contributed by atoms with van der Waals surface area (Å²) in [7, 11) is 0. The fourth-order valence-corrected chi connectivity index (χ4v) is 3.23. The first kappa shape index (κ1) is 22.9. The molecule has 32 heavy (non-hydrogen) atoms. The van der Waals surface area contributed by atoms with Gasteiger partial charge in [-0.1, -0.05) is 29.8 Å². The van der Waals surface area contributed by atoms with Crippen LogP contribution in [0.1, 0.15) is 27.1 Å². The van der Waals surface area contributed by atoms with E-state index in [2.05, 4.69) is 5.32 Å². The standard InChI is InChI=1S/C23H19ClFN3O4/c24-20-12-7-17(15-21(20)28(31)32)22(29)26-13-4-14-27(19-10-8-18(25)9-11-19)23(30)16-5-2-1-3-6-16/h1-3,5-12,15H,4,13-14H2,(H,26,29). The van der Waals surface area contributed by atoms with Crippen LogP contribution < -0.4 is 10.2 Å². The maximum absolute atomic E-state index is 13.3. The molecule has 0 fully saturated rings. The summed E-state index contributed by atoms with van der Waals surface area (Å²) in [6, 6.07) is 18.1. The van der Waals surface area contributed by atoms with E-state index in [0.717, 1.165) is 6.07 Å². The van der Waals surface area contributed by atoms with E-state index in [1.165, 1.54) is 41.3 Å². The summed E-state index contributed by atoms with van der Waals surface area (Å²) < 4.78 is 13.3. The summed E-state index contributed by atoms with van der Waals surface area (Å²) >= 11 is 5.77. The van der Waals surface area contributed by atoms with Crippen molar-refractivity contribution in [2.24, 2.45) is 0 Å². The number of benzene rings is 3. The zero-order valence-corrected chi connectivity index (χ0v) is 17.6. The first-order valence-corrected chi connectivity index (χ1v) is 10.1. The molecule has 0 radical (unpaired) electrons. The summed E-state index contributed by atoms with van der Waals surface area (Å²) in [6.07, 6.45) is 0.400. The smallest absolute Gasteiger partial charge is 0.288 e. The topological polar surface area (TPSA) is 92.6 Å². The van der Waals surface area contributed by atoms with Crippen LogP contribution in [0.2, 0.25) is 5.02 Å². The second kappa shape index (κ2) is 10.5. The molecule has 0 atom stereocenters. The summed E-state index contributed by atoms with van der Waals surface area (Å²) in [5.41, 5.74) is 0.765. The van der Waals surface area contributed by atoms with Crippen LogP contribution in [-0.4, -0.2) is 29.8 Å². The van der Waals surface area contributed by atoms with Crippen LogP contribution >= 0.6 is 11.6 Å². The maximum Gasteiger partial charge on any atom is 0.288 e. The molecule has 3 aromatic rings. The summed E-state index contributed by atoms with van der Waals surface area (Å²) in [5, 5.41) is 13.6. The van der Waals surface area contributed by atoms with Gasteiger partial charge in [-0.2, -0.15) is 0 Å². The number of nitro groups is 1. The molecule has 7 nitrogen and oxygen atoms in total. The Bertz CT molecular complexity index is 1120. The van der Waals surface area contributed by atoms with Gasteiger partial charge in [0, 0.05) is 36.0 Å². The fraction of sp³-hybridized carbons (Fsp3) is 0.130. The van der Waals surface area contributed by atoms with Crippen molar-refractivity contribution < 1.29 is 18.9 Å². The summed E-state index contributed by atoms with van der Waals surface area (Å²) in [4.78, 5) is 37.2. The largest absolute Gasteiger partial charge is 0.352 e. The highest BCUT2D eigenvalue weighted by molar-refractivity contribution is 6.32. The minimum atomic E-state index is -0.658. The van der Waals surface area contributed by atoms with E-state index in [-0.39, 0.29) is 35.3 Å². The van der Waals surface area contributed by atoms with E-state index in [1.54, 1.807) is 30.3 Å². The predicted octanol–water partition coefficient (Wildman–Crippen LogP) is 4.85. The van der Waals surface area contributed by atoms with Crippen molar-refractivity contribution in [2.45, 2.75) is 6.42 Å². The highest BCUT2D eigenvalue weighted by Crippen LogP contribution is 2.25. The Morgan fingerprint density at radius 1 is 1.00 bits per heavy atom. The number of hydrogen-bond donors (Lipinski definition) is 1. The number of rotatable bonds is 8. The highest BCUT2D eigenvalue weighted by atomic mass is 35.5. The van der Waals surface area contributed by atoms with E-state index in [9.17, 15) is 24.1 Å². The molecule has 0 saturated carbocycles. The second-order valence-electron chi connectivity index (χ2n) is 6.83. The van der Waals surface area contributed by atoms with Gasteiger partial charge in [0.15, 0.2) is 0 Å². The molecule has 0 spiro atoms. The lowest BCUT2D eigenvalue weighted by molar-refractivity contribution is -0.384. The van der Waals surface area contributed by atoms with Crippen molar-refractivity contribution in [3.8, 4) is 0 Å². The first-order valence-electron chi connectivity index (χ1n) is 9.71. The number of nitrogens with one attached hydrogen (secondary N) is 1. The lowest BCUT2D eigenvalue weighted by atomic mass is 10.1. The van der Waals surface area contributed by atoms with Crippen LogP contribution in [0.4, 0.5) is 15.8 Å². The molecular weight excluding hydrogens is 437 g/mol. The Kier molecular flexibility index (Phi) is 7.51. The van der Waals surface area contributed by atoms with E-state index in [0.29, 0.717) is 17.7 Å². The Balaban J connectivity index is 1.66. The molecule has 9 heteroatoms. The molecule has 1 N–H and O–H groups in total. The number of carbonyl (C=O) groups excluding carboxylic acids is 2. The normalized spacial score (nSPS) is 10.4. The second-order valence-corrected chi connectivity index (χ2v) is 7.24. The highest BCUT2D eigenvalue weighted by Gasteiger charge is 2.19. The molecule has 0 aliphatic heterocycles. The Morgan fingerprint density at radius 3 is 2.34 bits per heavy atom. The number of amides is 2. The van der Waals surface area contributed by atoms with Crippen molar-refractivity contribution in [1.29, 1.82) is 0 Å². The number of anilines is 1. The van der Waals surface area contributed by atoms with Gasteiger partial charge in [0.05, 0.1) is 4.92 Å².